The number of halogens is 1. The molecule has 3 fully saturated rings. The SMILES string of the molecule is COCC12CN(S(=O)(=O)C=Cc3ccc(Cl)s3)CC(=O)N1CC1(CCN(c3ccncc3)CC1)N2C. The van der Waals surface area contributed by atoms with E-state index in [2.05, 4.69) is 14.8 Å². The predicted molar refractivity (Wildman–Crippen MR) is 141 cm³/mol. The lowest BCUT2D eigenvalue weighted by Crippen LogP contribution is -2.70. The van der Waals surface area contributed by atoms with Crippen LogP contribution in [0.2, 0.25) is 4.34 Å². The third kappa shape index (κ3) is 4.46. The second-order valence-electron chi connectivity index (χ2n) is 9.63. The molecule has 2 aromatic heterocycles. The summed E-state index contributed by atoms with van der Waals surface area (Å²) < 4.78 is 34.1. The number of pyridine rings is 1. The van der Waals surface area contributed by atoms with Gasteiger partial charge in [-0.15, -0.1) is 11.3 Å². The van der Waals surface area contributed by atoms with E-state index in [9.17, 15) is 13.2 Å². The van der Waals surface area contributed by atoms with E-state index >= 15 is 0 Å². The Balaban J connectivity index is 1.39. The van der Waals surface area contributed by atoms with Gasteiger partial charge in [-0.05, 0) is 50.2 Å². The van der Waals surface area contributed by atoms with E-state index in [-0.39, 0.29) is 31.1 Å². The molecule has 0 aliphatic carbocycles. The van der Waals surface area contributed by atoms with Crippen LogP contribution in [0.5, 0.6) is 0 Å². The number of aromatic nitrogens is 1. The van der Waals surface area contributed by atoms with Crippen LogP contribution in [0.25, 0.3) is 6.08 Å². The van der Waals surface area contributed by atoms with Crippen LogP contribution in [0.3, 0.4) is 0 Å². The van der Waals surface area contributed by atoms with Gasteiger partial charge in [0.1, 0.15) is 5.66 Å². The minimum atomic E-state index is -3.84. The van der Waals surface area contributed by atoms with E-state index in [1.165, 1.54) is 21.7 Å². The van der Waals surface area contributed by atoms with Crippen molar-refractivity contribution in [1.82, 2.24) is 19.1 Å². The number of anilines is 1. The van der Waals surface area contributed by atoms with Crippen LogP contribution in [-0.2, 0) is 19.6 Å². The van der Waals surface area contributed by atoms with Gasteiger partial charge in [0, 0.05) is 60.6 Å². The Hall–Kier alpha value is -2.02. The maximum Gasteiger partial charge on any atom is 0.239 e. The number of rotatable bonds is 6. The number of hydrogen-bond donors (Lipinski definition) is 0. The molecule has 5 rings (SSSR count). The summed E-state index contributed by atoms with van der Waals surface area (Å²) in [6, 6.07) is 7.51. The van der Waals surface area contributed by atoms with Crippen LogP contribution in [0.1, 0.15) is 17.7 Å². The van der Waals surface area contributed by atoms with E-state index in [1.807, 2.05) is 24.1 Å². The molecule has 0 bridgehead atoms. The second kappa shape index (κ2) is 9.70. The highest BCUT2D eigenvalue weighted by Crippen LogP contribution is 2.45. The van der Waals surface area contributed by atoms with Gasteiger partial charge < -0.3 is 14.5 Å². The van der Waals surface area contributed by atoms with Crippen molar-refractivity contribution in [1.29, 1.82) is 0 Å². The third-order valence-corrected chi connectivity index (χ3v) is 10.4. The van der Waals surface area contributed by atoms with Gasteiger partial charge >= 0.3 is 0 Å². The number of amides is 1. The highest BCUT2D eigenvalue weighted by molar-refractivity contribution is 7.92. The molecule has 2 aromatic rings. The Morgan fingerprint density at radius 2 is 1.89 bits per heavy atom. The van der Waals surface area contributed by atoms with Gasteiger partial charge in [0.15, 0.2) is 0 Å². The first-order chi connectivity index (χ1) is 17.2. The zero-order valence-corrected chi connectivity index (χ0v) is 22.7. The third-order valence-electron chi connectivity index (χ3n) is 7.79. The second-order valence-corrected chi connectivity index (χ2v) is 13.2. The smallest absolute Gasteiger partial charge is 0.239 e. The largest absolute Gasteiger partial charge is 0.381 e. The van der Waals surface area contributed by atoms with E-state index in [1.54, 1.807) is 31.6 Å². The van der Waals surface area contributed by atoms with Crippen LogP contribution in [0, 0.1) is 0 Å². The Morgan fingerprint density at radius 3 is 2.53 bits per heavy atom. The van der Waals surface area contributed by atoms with E-state index in [0.29, 0.717) is 10.9 Å². The van der Waals surface area contributed by atoms with Gasteiger partial charge in [-0.3, -0.25) is 14.7 Å². The first kappa shape index (κ1) is 25.6. The molecule has 3 aliphatic rings. The summed E-state index contributed by atoms with van der Waals surface area (Å²) in [7, 11) is -0.237. The molecular formula is C24H30ClN5O4S2. The van der Waals surface area contributed by atoms with Crippen molar-refractivity contribution in [2.24, 2.45) is 0 Å². The standard InChI is InChI=1S/C24H30ClN5O4S2/c1-27-23(8-12-28(13-9-23)19-5-10-26-11-6-19)16-30-22(31)15-29(17-24(27,30)18-34-2)36(32,33)14-7-20-3-4-21(25)35-20/h3-7,10-11,14H,8-9,12-13,15-18H2,1-2H3. The lowest BCUT2D eigenvalue weighted by atomic mass is 9.86. The number of carbonyl (C=O) groups is 1. The van der Waals surface area contributed by atoms with E-state index < -0.39 is 15.7 Å². The first-order valence-electron chi connectivity index (χ1n) is 11.8. The number of hydrogen-bond acceptors (Lipinski definition) is 8. The fourth-order valence-corrected chi connectivity index (χ4v) is 7.99. The average molecular weight is 552 g/mol. The zero-order valence-electron chi connectivity index (χ0n) is 20.3. The Labute approximate surface area is 220 Å². The van der Waals surface area contributed by atoms with Gasteiger partial charge in [0.05, 0.1) is 24.0 Å². The molecule has 0 N–H and O–H groups in total. The molecule has 1 unspecified atom stereocenters. The number of fused-ring (bicyclic) bond motifs is 1. The fraction of sp³-hybridized carbons (Fsp3) is 0.500. The van der Waals surface area contributed by atoms with Crippen molar-refractivity contribution >= 4 is 50.6 Å². The van der Waals surface area contributed by atoms with Crippen molar-refractivity contribution in [2.45, 2.75) is 24.0 Å². The highest BCUT2D eigenvalue weighted by Gasteiger charge is 2.62. The lowest BCUT2D eigenvalue weighted by Gasteiger charge is -2.50. The molecule has 1 amide bonds. The van der Waals surface area contributed by atoms with Gasteiger partial charge in [-0.1, -0.05) is 11.6 Å². The number of piperidine rings is 1. The number of carbonyl (C=O) groups excluding carboxylic acids is 1. The molecule has 0 radical (unpaired) electrons. The van der Waals surface area contributed by atoms with Gasteiger partial charge in [-0.2, -0.15) is 4.31 Å². The molecule has 12 heteroatoms. The minimum absolute atomic E-state index is 0.150. The molecule has 5 heterocycles. The molecule has 3 saturated heterocycles. The average Bonchev–Trinajstić information content (AvgIpc) is 3.39. The van der Waals surface area contributed by atoms with Crippen LogP contribution >= 0.6 is 22.9 Å². The quantitative estimate of drug-likeness (QED) is 0.545. The van der Waals surface area contributed by atoms with Crippen molar-refractivity contribution < 1.29 is 17.9 Å². The number of piperazine rings is 1. The Kier molecular flexibility index (Phi) is 6.90. The normalized spacial score (nSPS) is 25.2. The van der Waals surface area contributed by atoms with E-state index in [0.717, 1.165) is 41.9 Å². The first-order valence-corrected chi connectivity index (χ1v) is 14.5. The van der Waals surface area contributed by atoms with Gasteiger partial charge in [-0.25, -0.2) is 8.42 Å². The van der Waals surface area contributed by atoms with Crippen LogP contribution in [0.15, 0.2) is 42.1 Å². The molecule has 1 spiro atoms. The van der Waals surface area contributed by atoms with E-state index in [4.69, 9.17) is 16.3 Å². The predicted octanol–water partition coefficient (Wildman–Crippen LogP) is 2.57. The Morgan fingerprint density at radius 1 is 1.17 bits per heavy atom. The summed E-state index contributed by atoms with van der Waals surface area (Å²) in [5.41, 5.74) is 0.0221. The molecule has 36 heavy (non-hydrogen) atoms. The molecular weight excluding hydrogens is 522 g/mol. The van der Waals surface area contributed by atoms with Crippen molar-refractivity contribution in [2.75, 3.05) is 58.4 Å². The summed E-state index contributed by atoms with van der Waals surface area (Å²) >= 11 is 7.27. The minimum Gasteiger partial charge on any atom is -0.381 e. The molecule has 3 aliphatic heterocycles. The number of ether oxygens (including phenoxy) is 1. The van der Waals surface area contributed by atoms with Crippen LogP contribution in [-0.4, -0.2) is 98.1 Å². The monoisotopic (exact) mass is 551 g/mol. The van der Waals surface area contributed by atoms with Gasteiger partial charge in [0.2, 0.25) is 15.9 Å². The number of thiophene rings is 1. The highest BCUT2D eigenvalue weighted by atomic mass is 35.5. The summed E-state index contributed by atoms with van der Waals surface area (Å²) in [6.45, 7) is 2.43. The van der Waals surface area contributed by atoms with Gasteiger partial charge in [0.25, 0.3) is 0 Å². The Bertz CT molecular complexity index is 1250. The number of sulfonamides is 1. The van der Waals surface area contributed by atoms with Crippen LogP contribution in [0.4, 0.5) is 5.69 Å². The number of nitrogens with zero attached hydrogens (tertiary/aromatic N) is 5. The maximum atomic E-state index is 13.4. The summed E-state index contributed by atoms with van der Waals surface area (Å²) in [5, 5.41) is 1.16. The lowest BCUT2D eigenvalue weighted by molar-refractivity contribution is -0.152. The van der Waals surface area contributed by atoms with Crippen molar-refractivity contribution in [3.05, 3.63) is 51.3 Å². The topological polar surface area (TPSA) is 86.3 Å². The number of likely N-dealkylation sites (N-methyl/N-ethyl adjacent to an activating group) is 1. The fourth-order valence-electron chi connectivity index (χ4n) is 5.77. The summed E-state index contributed by atoms with van der Waals surface area (Å²) in [4.78, 5) is 24.7. The van der Waals surface area contributed by atoms with Crippen molar-refractivity contribution in [3.8, 4) is 0 Å². The maximum absolute atomic E-state index is 13.4. The summed E-state index contributed by atoms with van der Waals surface area (Å²) in [5.74, 6) is -0.199. The zero-order chi connectivity index (χ0) is 25.6. The molecule has 0 saturated carbocycles. The number of methoxy groups -OCH3 is 1. The molecule has 0 aromatic carbocycles. The summed E-state index contributed by atoms with van der Waals surface area (Å²) in [6.07, 6.45) is 6.83. The van der Waals surface area contributed by atoms with Crippen LogP contribution < -0.4 is 4.90 Å². The van der Waals surface area contributed by atoms with Crippen molar-refractivity contribution in [3.63, 3.8) is 0 Å². The molecule has 1 atom stereocenters. The molecule has 194 valence electrons. The molecule has 9 nitrogen and oxygen atoms in total.